The van der Waals surface area contributed by atoms with Gasteiger partial charge in [0.25, 0.3) is 0 Å². The summed E-state index contributed by atoms with van der Waals surface area (Å²) in [5.74, 6) is 1.38. The van der Waals surface area contributed by atoms with Crippen LogP contribution in [0.5, 0.6) is 0 Å². The molecule has 0 aromatic heterocycles. The van der Waals surface area contributed by atoms with Crippen LogP contribution in [-0.4, -0.2) is 42.3 Å². The van der Waals surface area contributed by atoms with E-state index in [9.17, 15) is 4.79 Å². The lowest BCUT2D eigenvalue weighted by atomic mass is 9.91. The molecule has 1 saturated heterocycles. The van der Waals surface area contributed by atoms with Gasteiger partial charge in [-0.25, -0.2) is 4.79 Å². The van der Waals surface area contributed by atoms with Gasteiger partial charge in [0.15, 0.2) is 0 Å². The highest BCUT2D eigenvalue weighted by Crippen LogP contribution is 2.40. The first-order valence-electron chi connectivity index (χ1n) is 9.27. The summed E-state index contributed by atoms with van der Waals surface area (Å²) in [6, 6.07) is 0.661. The third-order valence-electron chi connectivity index (χ3n) is 5.23. The van der Waals surface area contributed by atoms with Crippen molar-refractivity contribution in [2.45, 2.75) is 78.9 Å². The number of carbonyl (C=O) groups is 1. The Kier molecular flexibility index (Phi) is 5.65. The molecule has 0 bridgehead atoms. The maximum Gasteiger partial charge on any atom is 0.410 e. The number of nitrogens with zero attached hydrogens (tertiary/aromatic N) is 1. The molecule has 2 fully saturated rings. The molecule has 1 amide bonds. The zero-order valence-corrected chi connectivity index (χ0v) is 15.9. The molecule has 3 atom stereocenters. The highest BCUT2D eigenvalue weighted by atomic mass is 16.6. The molecule has 4 heteroatoms. The number of hydrogen-bond donors (Lipinski definition) is 1. The summed E-state index contributed by atoms with van der Waals surface area (Å²) in [5.41, 5.74) is 0.0834. The Morgan fingerprint density at radius 3 is 2.57 bits per heavy atom. The summed E-state index contributed by atoms with van der Waals surface area (Å²) >= 11 is 0. The number of hydrogen-bond acceptors (Lipinski definition) is 3. The van der Waals surface area contributed by atoms with Gasteiger partial charge in [-0.05, 0) is 70.3 Å². The van der Waals surface area contributed by atoms with Gasteiger partial charge >= 0.3 is 6.09 Å². The van der Waals surface area contributed by atoms with Gasteiger partial charge in [0, 0.05) is 19.1 Å². The molecule has 1 heterocycles. The van der Waals surface area contributed by atoms with Crippen LogP contribution in [0.2, 0.25) is 0 Å². The Hall–Kier alpha value is -0.770. The van der Waals surface area contributed by atoms with Crippen LogP contribution in [0.15, 0.2) is 0 Å². The van der Waals surface area contributed by atoms with Gasteiger partial charge in [-0.1, -0.05) is 20.8 Å². The van der Waals surface area contributed by atoms with Crippen molar-refractivity contribution in [1.29, 1.82) is 0 Å². The van der Waals surface area contributed by atoms with Crippen molar-refractivity contribution in [2.24, 2.45) is 17.3 Å². The highest BCUT2D eigenvalue weighted by molar-refractivity contribution is 5.68. The molecular weight excluding hydrogens is 288 g/mol. The lowest BCUT2D eigenvalue weighted by molar-refractivity contribution is 0.0287. The summed E-state index contributed by atoms with van der Waals surface area (Å²) < 4.78 is 5.46. The van der Waals surface area contributed by atoms with Gasteiger partial charge in [-0.15, -0.1) is 0 Å². The van der Waals surface area contributed by atoms with Crippen molar-refractivity contribution in [2.75, 3.05) is 19.6 Å². The monoisotopic (exact) mass is 324 g/mol. The minimum absolute atomic E-state index is 0.154. The van der Waals surface area contributed by atoms with E-state index in [1.54, 1.807) is 0 Å². The molecule has 134 valence electrons. The normalized spacial score (nSPS) is 30.7. The smallest absolute Gasteiger partial charge is 0.410 e. The number of carbonyl (C=O) groups excluding carboxylic acids is 1. The second kappa shape index (κ2) is 7.00. The molecule has 4 nitrogen and oxygen atoms in total. The number of amides is 1. The summed E-state index contributed by atoms with van der Waals surface area (Å²) in [6.07, 6.45) is 4.71. The van der Waals surface area contributed by atoms with Crippen LogP contribution in [0.1, 0.15) is 67.2 Å². The second-order valence-electron chi connectivity index (χ2n) is 9.48. The van der Waals surface area contributed by atoms with E-state index in [-0.39, 0.29) is 6.09 Å². The van der Waals surface area contributed by atoms with E-state index in [2.05, 4.69) is 26.1 Å². The first-order valence-corrected chi connectivity index (χ1v) is 9.27. The lowest BCUT2D eigenvalue weighted by Gasteiger charge is -2.24. The van der Waals surface area contributed by atoms with E-state index in [0.29, 0.717) is 17.4 Å². The molecule has 2 rings (SSSR count). The standard InChI is InChI=1S/C19H36N2O2/c1-14-11-19(5,6)12-16(14)20-9-7-15-8-10-21(13-15)17(22)23-18(2,3)4/h14-16,20H,7-13H2,1-6H3. The molecule has 1 aliphatic heterocycles. The molecular formula is C19H36N2O2. The number of rotatable bonds is 4. The minimum Gasteiger partial charge on any atom is -0.444 e. The van der Waals surface area contributed by atoms with Gasteiger partial charge in [0.1, 0.15) is 5.60 Å². The Morgan fingerprint density at radius 1 is 1.30 bits per heavy atom. The molecule has 0 aromatic carbocycles. The van der Waals surface area contributed by atoms with Gasteiger partial charge in [-0.2, -0.15) is 0 Å². The topological polar surface area (TPSA) is 41.6 Å². The van der Waals surface area contributed by atoms with E-state index in [0.717, 1.165) is 38.4 Å². The summed E-state index contributed by atoms with van der Waals surface area (Å²) in [6.45, 7) is 15.6. The van der Waals surface area contributed by atoms with Gasteiger partial charge in [0.2, 0.25) is 0 Å². The predicted octanol–water partition coefficient (Wildman–Crippen LogP) is 4.05. The molecule has 1 N–H and O–H groups in total. The van der Waals surface area contributed by atoms with Crippen LogP contribution in [-0.2, 0) is 4.74 Å². The lowest BCUT2D eigenvalue weighted by Crippen LogP contribution is -2.36. The van der Waals surface area contributed by atoms with Crippen LogP contribution in [0, 0.1) is 17.3 Å². The number of nitrogens with one attached hydrogen (secondary N) is 1. The summed E-state index contributed by atoms with van der Waals surface area (Å²) in [7, 11) is 0. The van der Waals surface area contributed by atoms with Gasteiger partial charge < -0.3 is 15.0 Å². The van der Waals surface area contributed by atoms with E-state index in [4.69, 9.17) is 4.74 Å². The predicted molar refractivity (Wildman–Crippen MR) is 94.5 cm³/mol. The quantitative estimate of drug-likeness (QED) is 0.848. The van der Waals surface area contributed by atoms with Crippen LogP contribution in [0.25, 0.3) is 0 Å². The first kappa shape index (κ1) is 18.6. The average molecular weight is 325 g/mol. The minimum atomic E-state index is -0.401. The van der Waals surface area contributed by atoms with E-state index in [1.165, 1.54) is 12.8 Å². The molecule has 23 heavy (non-hydrogen) atoms. The molecule has 1 saturated carbocycles. The van der Waals surface area contributed by atoms with Crippen LogP contribution < -0.4 is 5.32 Å². The van der Waals surface area contributed by atoms with Gasteiger partial charge in [0.05, 0.1) is 0 Å². The fourth-order valence-corrected chi connectivity index (χ4v) is 4.20. The molecule has 0 spiro atoms. The van der Waals surface area contributed by atoms with Gasteiger partial charge in [-0.3, -0.25) is 0 Å². The zero-order chi connectivity index (χ0) is 17.3. The Bertz CT molecular complexity index is 414. The van der Waals surface area contributed by atoms with Crippen molar-refractivity contribution in [3.05, 3.63) is 0 Å². The van der Waals surface area contributed by atoms with Crippen LogP contribution in [0.3, 0.4) is 0 Å². The SMILES string of the molecule is CC1CC(C)(C)CC1NCCC1CCN(C(=O)OC(C)(C)C)C1. The fourth-order valence-electron chi connectivity index (χ4n) is 4.20. The van der Waals surface area contributed by atoms with Crippen molar-refractivity contribution >= 4 is 6.09 Å². The van der Waals surface area contributed by atoms with E-state index < -0.39 is 5.60 Å². The molecule has 0 radical (unpaired) electrons. The van der Waals surface area contributed by atoms with Crippen LogP contribution >= 0.6 is 0 Å². The number of ether oxygens (including phenoxy) is 1. The maximum atomic E-state index is 12.1. The fraction of sp³-hybridized carbons (Fsp3) is 0.947. The van der Waals surface area contributed by atoms with Crippen molar-refractivity contribution in [3.8, 4) is 0 Å². The third-order valence-corrected chi connectivity index (χ3v) is 5.23. The third kappa shape index (κ3) is 5.66. The maximum absolute atomic E-state index is 12.1. The zero-order valence-electron chi connectivity index (χ0n) is 15.9. The van der Waals surface area contributed by atoms with E-state index in [1.807, 2.05) is 25.7 Å². The summed E-state index contributed by atoms with van der Waals surface area (Å²) in [5, 5.41) is 3.76. The summed E-state index contributed by atoms with van der Waals surface area (Å²) in [4.78, 5) is 14.0. The van der Waals surface area contributed by atoms with Crippen LogP contribution in [0.4, 0.5) is 4.79 Å². The Morgan fingerprint density at radius 2 is 2.00 bits per heavy atom. The van der Waals surface area contributed by atoms with E-state index >= 15 is 0 Å². The molecule has 1 aliphatic carbocycles. The highest BCUT2D eigenvalue weighted by Gasteiger charge is 2.36. The largest absolute Gasteiger partial charge is 0.444 e. The first-order chi connectivity index (χ1) is 10.6. The number of likely N-dealkylation sites (tertiary alicyclic amines) is 1. The Balaban J connectivity index is 1.67. The average Bonchev–Trinajstić information content (AvgIpc) is 2.92. The van der Waals surface area contributed by atoms with Crippen molar-refractivity contribution in [1.82, 2.24) is 10.2 Å². The molecule has 2 aliphatic rings. The Labute approximate surface area is 142 Å². The molecule has 0 aromatic rings. The van der Waals surface area contributed by atoms with Crippen molar-refractivity contribution < 1.29 is 9.53 Å². The van der Waals surface area contributed by atoms with Crippen molar-refractivity contribution in [3.63, 3.8) is 0 Å². The molecule has 3 unspecified atom stereocenters. The second-order valence-corrected chi connectivity index (χ2v) is 9.48.